The van der Waals surface area contributed by atoms with Crippen molar-refractivity contribution < 1.29 is 14.0 Å². The molecule has 1 atom stereocenters. The van der Waals surface area contributed by atoms with Gasteiger partial charge in [-0.05, 0) is 60.6 Å². The minimum Gasteiger partial charge on any atom is -0.472 e. The number of hydrazine groups is 1. The first-order chi connectivity index (χ1) is 14.0. The Kier molecular flexibility index (Phi) is 4.90. The van der Waals surface area contributed by atoms with E-state index in [4.69, 9.17) is 15.1 Å². The maximum Gasteiger partial charge on any atom is 0.275 e. The predicted octanol–water partition coefficient (Wildman–Crippen LogP) is 4.23. The van der Waals surface area contributed by atoms with Crippen molar-refractivity contribution in [2.75, 3.05) is 5.01 Å². The lowest BCUT2D eigenvalue weighted by molar-refractivity contribution is 0.0977. The molecular formula is C23H19N3O3. The number of anilines is 1. The van der Waals surface area contributed by atoms with Crippen molar-refractivity contribution in [1.29, 1.82) is 0 Å². The number of hydrogen-bond acceptors (Lipinski definition) is 5. The highest BCUT2D eigenvalue weighted by atomic mass is 16.6. The maximum absolute atomic E-state index is 12.5. The third-order valence-corrected chi connectivity index (χ3v) is 4.69. The average molecular weight is 385 g/mol. The highest BCUT2D eigenvalue weighted by Crippen LogP contribution is 2.30. The Morgan fingerprint density at radius 1 is 1.14 bits per heavy atom. The molecule has 4 rings (SSSR count). The van der Waals surface area contributed by atoms with E-state index in [0.717, 1.165) is 27.3 Å². The lowest BCUT2D eigenvalue weighted by atomic mass is 9.97. The normalized spacial score (nSPS) is 15.0. The molecule has 0 radical (unpaired) electrons. The molecule has 1 aliphatic rings. The van der Waals surface area contributed by atoms with Crippen molar-refractivity contribution >= 4 is 17.3 Å². The van der Waals surface area contributed by atoms with Crippen molar-refractivity contribution in [3.05, 3.63) is 77.7 Å². The van der Waals surface area contributed by atoms with E-state index < -0.39 is 0 Å². The third-order valence-electron chi connectivity index (χ3n) is 4.69. The van der Waals surface area contributed by atoms with Crippen molar-refractivity contribution in [2.45, 2.75) is 20.0 Å². The van der Waals surface area contributed by atoms with Crippen LogP contribution in [0.3, 0.4) is 0 Å². The van der Waals surface area contributed by atoms with E-state index in [1.54, 1.807) is 13.0 Å². The molecule has 144 valence electrons. The van der Waals surface area contributed by atoms with Gasteiger partial charge in [0.15, 0.2) is 0 Å². The summed E-state index contributed by atoms with van der Waals surface area (Å²) in [7, 11) is 0. The molecule has 0 spiro atoms. The number of oxime groups is 1. The maximum atomic E-state index is 12.5. The summed E-state index contributed by atoms with van der Waals surface area (Å²) in [5.74, 6) is 11.7. The molecule has 1 aliphatic heterocycles. The Morgan fingerprint density at radius 3 is 2.59 bits per heavy atom. The highest BCUT2D eigenvalue weighted by molar-refractivity contribution is 6.05. The van der Waals surface area contributed by atoms with Gasteiger partial charge >= 0.3 is 0 Å². The molecular weight excluding hydrogens is 366 g/mol. The van der Waals surface area contributed by atoms with Gasteiger partial charge in [-0.25, -0.2) is 10.9 Å². The summed E-state index contributed by atoms with van der Waals surface area (Å²) in [6, 6.07) is 15.2. The quantitative estimate of drug-likeness (QED) is 0.315. The number of amides is 1. The van der Waals surface area contributed by atoms with Gasteiger partial charge in [0.25, 0.3) is 5.91 Å². The Hall–Kier alpha value is -3.82. The summed E-state index contributed by atoms with van der Waals surface area (Å²) in [6.07, 6.45) is 2.45. The van der Waals surface area contributed by atoms with Crippen molar-refractivity contribution in [1.82, 2.24) is 0 Å². The van der Waals surface area contributed by atoms with Crippen LogP contribution in [0, 0.1) is 18.8 Å². The Labute approximate surface area is 168 Å². The van der Waals surface area contributed by atoms with Crippen molar-refractivity contribution in [3.63, 3.8) is 0 Å². The van der Waals surface area contributed by atoms with E-state index >= 15 is 0 Å². The second kappa shape index (κ2) is 7.66. The number of aryl methyl sites for hydroxylation is 1. The number of rotatable bonds is 4. The highest BCUT2D eigenvalue weighted by Gasteiger charge is 2.17. The van der Waals surface area contributed by atoms with Crippen LogP contribution >= 0.6 is 0 Å². The molecule has 29 heavy (non-hydrogen) atoms. The lowest BCUT2D eigenvalue weighted by Gasteiger charge is -2.18. The van der Waals surface area contributed by atoms with E-state index in [1.165, 1.54) is 12.5 Å². The first kappa shape index (κ1) is 18.5. The van der Waals surface area contributed by atoms with Crippen LogP contribution in [0.15, 0.2) is 70.6 Å². The van der Waals surface area contributed by atoms with Crippen LogP contribution in [-0.4, -0.2) is 11.6 Å². The Balaban J connectivity index is 1.60. The number of nitrogens with two attached hydrogens (primary N) is 1. The van der Waals surface area contributed by atoms with Gasteiger partial charge in [-0.3, -0.25) is 4.79 Å². The van der Waals surface area contributed by atoms with Crippen LogP contribution in [-0.2, 0) is 4.84 Å². The topological polar surface area (TPSA) is 81.1 Å². The summed E-state index contributed by atoms with van der Waals surface area (Å²) in [4.78, 5) is 17.9. The molecule has 6 heteroatoms. The fourth-order valence-corrected chi connectivity index (χ4v) is 3.05. The zero-order valence-electron chi connectivity index (χ0n) is 16.0. The summed E-state index contributed by atoms with van der Waals surface area (Å²) in [6.45, 7) is 3.82. The number of carbonyl (C=O) groups is 1. The lowest BCUT2D eigenvalue weighted by Crippen LogP contribution is -2.37. The van der Waals surface area contributed by atoms with Crippen LogP contribution in [0.4, 0.5) is 5.69 Å². The molecule has 0 saturated carbocycles. The van der Waals surface area contributed by atoms with Gasteiger partial charge in [-0.2, -0.15) is 0 Å². The van der Waals surface area contributed by atoms with E-state index in [1.807, 2.05) is 49.4 Å². The first-order valence-corrected chi connectivity index (χ1v) is 9.07. The standard InChI is InChI=1S/C23H19N3O3/c1-15-3-9-20(26(24)23(27)19-11-12-28-14-19)13-21(15)17-5-7-18(8-6-17)22-10-4-16(2)25-29-22/h3,5-9,11-14,22H,24H2,1-2H3. The molecule has 1 unspecified atom stereocenters. The number of carbonyl (C=O) groups excluding carboxylic acids is 1. The Bertz CT molecular complexity index is 1140. The van der Waals surface area contributed by atoms with Gasteiger partial charge in [0.2, 0.25) is 6.10 Å². The molecule has 6 nitrogen and oxygen atoms in total. The van der Waals surface area contributed by atoms with E-state index in [9.17, 15) is 4.79 Å². The van der Waals surface area contributed by atoms with E-state index in [-0.39, 0.29) is 12.0 Å². The minimum atomic E-state index is -0.368. The summed E-state index contributed by atoms with van der Waals surface area (Å²) >= 11 is 0. The molecule has 1 amide bonds. The SMILES string of the molecule is CC1=NOC(c2ccc(-c3cc(N(N)C(=O)c4ccoc4)ccc3C)cc2)C#C1. The smallest absolute Gasteiger partial charge is 0.275 e. The molecule has 2 N–H and O–H groups in total. The number of furan rings is 1. The van der Waals surface area contributed by atoms with E-state index in [2.05, 4.69) is 17.0 Å². The second-order valence-corrected chi connectivity index (χ2v) is 6.74. The summed E-state index contributed by atoms with van der Waals surface area (Å²) < 4.78 is 4.97. The fourth-order valence-electron chi connectivity index (χ4n) is 3.05. The van der Waals surface area contributed by atoms with Crippen LogP contribution in [0.2, 0.25) is 0 Å². The Morgan fingerprint density at radius 2 is 1.93 bits per heavy atom. The molecule has 3 aromatic rings. The first-order valence-electron chi connectivity index (χ1n) is 9.07. The van der Waals surface area contributed by atoms with Crippen LogP contribution < -0.4 is 10.9 Å². The van der Waals surface area contributed by atoms with Crippen LogP contribution in [0.25, 0.3) is 11.1 Å². The zero-order valence-corrected chi connectivity index (χ0v) is 16.0. The summed E-state index contributed by atoms with van der Waals surface area (Å²) in [5.41, 5.74) is 5.63. The average Bonchev–Trinajstić information content (AvgIpc) is 3.29. The largest absolute Gasteiger partial charge is 0.472 e. The van der Waals surface area contributed by atoms with Gasteiger partial charge in [-0.15, -0.1) is 0 Å². The molecule has 0 fully saturated rings. The van der Waals surface area contributed by atoms with Crippen molar-refractivity contribution in [2.24, 2.45) is 11.0 Å². The molecule has 0 bridgehead atoms. The molecule has 2 heterocycles. The van der Waals surface area contributed by atoms with Gasteiger partial charge in [-0.1, -0.05) is 35.5 Å². The predicted molar refractivity (Wildman–Crippen MR) is 111 cm³/mol. The monoisotopic (exact) mass is 385 g/mol. The second-order valence-electron chi connectivity index (χ2n) is 6.74. The number of nitrogens with zero attached hydrogens (tertiary/aromatic N) is 2. The third kappa shape index (κ3) is 3.77. The van der Waals surface area contributed by atoms with Gasteiger partial charge < -0.3 is 9.25 Å². The van der Waals surface area contributed by atoms with Crippen LogP contribution in [0.1, 0.15) is 34.5 Å². The summed E-state index contributed by atoms with van der Waals surface area (Å²) in [5, 5.41) is 5.06. The van der Waals surface area contributed by atoms with Crippen molar-refractivity contribution in [3.8, 4) is 23.0 Å². The van der Waals surface area contributed by atoms with Gasteiger partial charge in [0.05, 0.1) is 17.5 Å². The zero-order chi connectivity index (χ0) is 20.4. The molecule has 0 aliphatic carbocycles. The molecule has 2 aromatic carbocycles. The van der Waals surface area contributed by atoms with Gasteiger partial charge in [0, 0.05) is 5.56 Å². The minimum absolute atomic E-state index is 0.340. The molecule has 1 aromatic heterocycles. The van der Waals surface area contributed by atoms with Crippen LogP contribution in [0.5, 0.6) is 0 Å². The molecule has 0 saturated heterocycles. The number of benzene rings is 2. The fraction of sp³-hybridized carbons (Fsp3) is 0.130. The number of hydrogen-bond donors (Lipinski definition) is 1. The van der Waals surface area contributed by atoms with Gasteiger partial charge in [0.1, 0.15) is 12.0 Å². The van der Waals surface area contributed by atoms with E-state index in [0.29, 0.717) is 17.0 Å².